The second-order valence-electron chi connectivity index (χ2n) is 0. The zero-order valence-electron chi connectivity index (χ0n) is 0.802. The van der Waals surface area contributed by atoms with Gasteiger partial charge >= 0.3 is 51.4 Å². The molecule has 0 aliphatic rings. The van der Waals surface area contributed by atoms with Crippen molar-refractivity contribution in [3.8, 4) is 0 Å². The van der Waals surface area contributed by atoms with Gasteiger partial charge in [0.25, 0.3) is 0 Å². The third-order valence-corrected chi connectivity index (χ3v) is 0. The van der Waals surface area contributed by atoms with Gasteiger partial charge in [-0.3, -0.25) is 0 Å². The monoisotopic (exact) mass is 225 g/mol. The second-order valence-corrected chi connectivity index (χ2v) is 0. The molecule has 0 aliphatic heterocycles. The van der Waals surface area contributed by atoms with Crippen molar-refractivity contribution in [1.82, 2.24) is 0 Å². The van der Waals surface area contributed by atoms with E-state index in [1.54, 1.807) is 0 Å². The SMILES string of the molecule is [Cu].[KH].[SiH4].[Zr]. The summed E-state index contributed by atoms with van der Waals surface area (Å²) in [6.07, 6.45) is 0. The van der Waals surface area contributed by atoms with Crippen LogP contribution in [0.25, 0.3) is 0 Å². The van der Waals surface area contributed by atoms with E-state index in [-0.39, 0.29) is 106 Å². The first-order valence-corrected chi connectivity index (χ1v) is 0. The molecule has 1 radical (unpaired) electrons. The van der Waals surface area contributed by atoms with E-state index >= 15 is 0 Å². The fraction of sp³-hybridized carbons (Fsp3) is 0. The van der Waals surface area contributed by atoms with E-state index in [0.29, 0.717) is 0 Å². The van der Waals surface area contributed by atoms with Crippen molar-refractivity contribution in [2.24, 2.45) is 0 Å². The first-order valence-electron chi connectivity index (χ1n) is 0. The molecule has 0 nitrogen and oxygen atoms in total. The van der Waals surface area contributed by atoms with Crippen LogP contribution in [0.5, 0.6) is 0 Å². The quantitative estimate of drug-likeness (QED) is 0.416. The number of hydrogen-bond donors (Lipinski definition) is 0. The molecule has 0 bridgehead atoms. The number of hydrogen-bond acceptors (Lipinski definition) is 0. The van der Waals surface area contributed by atoms with Crippen molar-refractivity contribution in [2.45, 2.75) is 0 Å². The van der Waals surface area contributed by atoms with E-state index in [2.05, 4.69) is 0 Å². The van der Waals surface area contributed by atoms with Crippen LogP contribution in [0.1, 0.15) is 0 Å². The van der Waals surface area contributed by atoms with Gasteiger partial charge in [0.15, 0.2) is 0 Å². The average molecular weight is 227 g/mol. The summed E-state index contributed by atoms with van der Waals surface area (Å²) in [7, 11) is 0. The van der Waals surface area contributed by atoms with Crippen molar-refractivity contribution in [3.63, 3.8) is 0 Å². The van der Waals surface area contributed by atoms with Gasteiger partial charge in [0.2, 0.25) is 0 Å². The van der Waals surface area contributed by atoms with Crippen LogP contribution in [0.15, 0.2) is 0 Å². The summed E-state index contributed by atoms with van der Waals surface area (Å²) in [5.41, 5.74) is 0. The molecule has 0 heterocycles. The van der Waals surface area contributed by atoms with Crippen LogP contribution in [-0.4, -0.2) is 62.3 Å². The van der Waals surface area contributed by atoms with Crippen molar-refractivity contribution in [1.29, 1.82) is 0 Å². The molecule has 0 aromatic rings. The van der Waals surface area contributed by atoms with Crippen molar-refractivity contribution >= 4 is 62.3 Å². The smallest absolute Gasteiger partial charge is 0 e. The van der Waals surface area contributed by atoms with Gasteiger partial charge < -0.3 is 0 Å². The molecule has 0 aromatic heterocycles. The zero-order chi connectivity index (χ0) is 0. The van der Waals surface area contributed by atoms with Gasteiger partial charge in [0.05, 0.1) is 0 Å². The van der Waals surface area contributed by atoms with Gasteiger partial charge in [-0.2, -0.15) is 0 Å². The van der Waals surface area contributed by atoms with Crippen LogP contribution < -0.4 is 0 Å². The molecular weight excluding hydrogens is 222 g/mol. The van der Waals surface area contributed by atoms with Gasteiger partial charge in [-0.25, -0.2) is 0 Å². The minimum absolute atomic E-state index is 0. The van der Waals surface area contributed by atoms with Crippen LogP contribution in [0.4, 0.5) is 0 Å². The molecular formula is H5CuKSiZr. The first-order chi connectivity index (χ1) is 0. The Morgan fingerprint density at radius 1 is 1.00 bits per heavy atom. The molecule has 0 atom stereocenters. The van der Waals surface area contributed by atoms with Gasteiger partial charge in [-0.15, -0.1) is 0 Å². The molecule has 25 valence electrons. The molecule has 0 N–H and O–H groups in total. The Balaban J connectivity index is 0. The summed E-state index contributed by atoms with van der Waals surface area (Å²) in [6.45, 7) is 0. The first kappa shape index (κ1) is 26.8. The number of rotatable bonds is 0. The van der Waals surface area contributed by atoms with Crippen molar-refractivity contribution < 1.29 is 43.3 Å². The third kappa shape index (κ3) is 8.98. The summed E-state index contributed by atoms with van der Waals surface area (Å²) in [5, 5.41) is 0. The van der Waals surface area contributed by atoms with Crippen LogP contribution in [0.3, 0.4) is 0 Å². The Morgan fingerprint density at radius 3 is 1.00 bits per heavy atom. The fourth-order valence-electron chi connectivity index (χ4n) is 0. The predicted molar refractivity (Wildman–Crippen MR) is 18.5 cm³/mol. The molecule has 0 aromatic carbocycles. The summed E-state index contributed by atoms with van der Waals surface area (Å²) in [5.74, 6) is 0. The Kier molecular flexibility index (Phi) is 109. The Hall–Kier alpha value is 3.26. The summed E-state index contributed by atoms with van der Waals surface area (Å²) in [4.78, 5) is 0. The van der Waals surface area contributed by atoms with Gasteiger partial charge in [0, 0.05) is 43.3 Å². The minimum Gasteiger partial charge on any atom is -0.0149 e. The van der Waals surface area contributed by atoms with Crippen LogP contribution >= 0.6 is 0 Å². The largest absolute Gasteiger partial charge is 0.0149 e. The van der Waals surface area contributed by atoms with Gasteiger partial charge in [0.1, 0.15) is 0 Å². The molecule has 0 rings (SSSR count). The van der Waals surface area contributed by atoms with E-state index in [1.165, 1.54) is 0 Å². The van der Waals surface area contributed by atoms with Crippen LogP contribution in [-0.2, 0) is 43.3 Å². The maximum atomic E-state index is 0. The summed E-state index contributed by atoms with van der Waals surface area (Å²) in [6, 6.07) is 0. The fourth-order valence-corrected chi connectivity index (χ4v) is 0. The molecule has 0 aliphatic carbocycles. The maximum absolute atomic E-state index is 0. The predicted octanol–water partition coefficient (Wildman–Crippen LogP) is -2.11. The van der Waals surface area contributed by atoms with Crippen molar-refractivity contribution in [3.05, 3.63) is 0 Å². The average Bonchev–Trinajstić information content (AvgIpc) is 0. The second kappa shape index (κ2) is 16.3. The Bertz CT molecular complexity index is 8.00. The van der Waals surface area contributed by atoms with Gasteiger partial charge in [-0.1, -0.05) is 0 Å². The maximum Gasteiger partial charge on any atom is 0 e. The van der Waals surface area contributed by atoms with E-state index < -0.39 is 0 Å². The molecule has 0 saturated carbocycles. The van der Waals surface area contributed by atoms with E-state index in [1.807, 2.05) is 0 Å². The van der Waals surface area contributed by atoms with Crippen LogP contribution in [0.2, 0.25) is 0 Å². The topological polar surface area (TPSA) is 0 Å². The van der Waals surface area contributed by atoms with Gasteiger partial charge in [-0.05, 0) is 11.0 Å². The molecule has 4 heavy (non-hydrogen) atoms. The molecule has 0 amide bonds. The standard InChI is InChI=1S/Cu.K.H4Si.Zr.H/h;;1H4;;. The minimum atomic E-state index is 0. The summed E-state index contributed by atoms with van der Waals surface area (Å²) >= 11 is 0. The Labute approximate surface area is 103 Å². The van der Waals surface area contributed by atoms with E-state index in [4.69, 9.17) is 0 Å². The Morgan fingerprint density at radius 2 is 1.00 bits per heavy atom. The molecule has 0 saturated heterocycles. The molecule has 0 spiro atoms. The molecule has 4 heteroatoms. The molecule has 0 fully saturated rings. The summed E-state index contributed by atoms with van der Waals surface area (Å²) < 4.78 is 0. The van der Waals surface area contributed by atoms with Crippen LogP contribution in [0, 0.1) is 0 Å². The normalized spacial score (nSPS) is 0. The third-order valence-electron chi connectivity index (χ3n) is 0. The van der Waals surface area contributed by atoms with E-state index in [0.717, 1.165) is 0 Å². The zero-order valence-corrected chi connectivity index (χ0v) is 4.20. The molecule has 0 unspecified atom stereocenters. The van der Waals surface area contributed by atoms with Crippen molar-refractivity contribution in [2.75, 3.05) is 0 Å². The van der Waals surface area contributed by atoms with E-state index in [9.17, 15) is 0 Å².